The van der Waals surface area contributed by atoms with E-state index < -0.39 is 0 Å². The van der Waals surface area contributed by atoms with E-state index in [-0.39, 0.29) is 5.54 Å². The summed E-state index contributed by atoms with van der Waals surface area (Å²) >= 11 is 0. The van der Waals surface area contributed by atoms with Crippen molar-refractivity contribution in [2.75, 3.05) is 26.3 Å². The molecule has 3 heteroatoms. The van der Waals surface area contributed by atoms with Crippen molar-refractivity contribution in [1.82, 2.24) is 10.2 Å². The Hall–Kier alpha value is -0.120. The van der Waals surface area contributed by atoms with Crippen molar-refractivity contribution in [2.24, 2.45) is 5.92 Å². The second-order valence-corrected chi connectivity index (χ2v) is 8.31. The van der Waals surface area contributed by atoms with Crippen LogP contribution in [0.3, 0.4) is 0 Å². The Kier molecular flexibility index (Phi) is 4.63. The second-order valence-electron chi connectivity index (χ2n) is 8.31. The standard InChI is InChI=1S/C18H34N2O/c1-15(2)16-12-19-18(9-5-4-6-10-18)13-20(16)17(3)8-7-11-21-14-17/h15-16,19H,4-14H2,1-3H3. The van der Waals surface area contributed by atoms with Crippen LogP contribution < -0.4 is 5.32 Å². The number of rotatable bonds is 2. The van der Waals surface area contributed by atoms with Crippen LogP contribution in [0.25, 0.3) is 0 Å². The lowest BCUT2D eigenvalue weighted by atomic mass is 9.76. The number of nitrogens with one attached hydrogen (secondary N) is 1. The summed E-state index contributed by atoms with van der Waals surface area (Å²) in [6, 6.07) is 0.657. The molecule has 1 N–H and O–H groups in total. The molecule has 2 saturated heterocycles. The predicted octanol–water partition coefficient (Wildman–Crippen LogP) is 3.19. The van der Waals surface area contributed by atoms with Crippen LogP contribution >= 0.6 is 0 Å². The van der Waals surface area contributed by atoms with Gasteiger partial charge in [0.1, 0.15) is 0 Å². The maximum Gasteiger partial charge on any atom is 0.0647 e. The monoisotopic (exact) mass is 294 g/mol. The van der Waals surface area contributed by atoms with Gasteiger partial charge in [-0.05, 0) is 38.5 Å². The molecule has 2 aliphatic heterocycles. The molecule has 0 radical (unpaired) electrons. The van der Waals surface area contributed by atoms with Crippen LogP contribution in [0.4, 0.5) is 0 Å². The molecular formula is C18H34N2O. The van der Waals surface area contributed by atoms with Crippen molar-refractivity contribution < 1.29 is 4.74 Å². The van der Waals surface area contributed by atoms with Crippen molar-refractivity contribution in [3.63, 3.8) is 0 Å². The summed E-state index contributed by atoms with van der Waals surface area (Å²) in [6.45, 7) is 11.5. The molecule has 3 aliphatic rings. The Morgan fingerprint density at radius 3 is 2.48 bits per heavy atom. The lowest BCUT2D eigenvalue weighted by Crippen LogP contribution is -2.71. The molecule has 0 amide bonds. The van der Waals surface area contributed by atoms with Crippen molar-refractivity contribution >= 4 is 0 Å². The smallest absolute Gasteiger partial charge is 0.0647 e. The zero-order valence-corrected chi connectivity index (χ0v) is 14.3. The zero-order valence-electron chi connectivity index (χ0n) is 14.3. The average Bonchev–Trinajstić information content (AvgIpc) is 2.48. The molecular weight excluding hydrogens is 260 g/mol. The van der Waals surface area contributed by atoms with E-state index in [1.54, 1.807) is 0 Å². The minimum absolute atomic E-state index is 0.250. The predicted molar refractivity (Wildman–Crippen MR) is 87.6 cm³/mol. The quantitative estimate of drug-likeness (QED) is 0.846. The Bertz CT molecular complexity index is 343. The maximum atomic E-state index is 5.88. The van der Waals surface area contributed by atoms with Gasteiger partial charge in [-0.25, -0.2) is 0 Å². The zero-order chi connectivity index (χ0) is 14.9. The normalized spacial score (nSPS) is 38.0. The molecule has 3 fully saturated rings. The van der Waals surface area contributed by atoms with E-state index in [1.165, 1.54) is 51.5 Å². The highest BCUT2D eigenvalue weighted by Gasteiger charge is 2.47. The van der Waals surface area contributed by atoms with Gasteiger partial charge < -0.3 is 10.1 Å². The molecule has 0 aromatic rings. The van der Waals surface area contributed by atoms with E-state index in [2.05, 4.69) is 31.0 Å². The Morgan fingerprint density at radius 2 is 1.86 bits per heavy atom. The number of hydrogen-bond acceptors (Lipinski definition) is 3. The number of hydrogen-bond donors (Lipinski definition) is 1. The molecule has 2 unspecified atom stereocenters. The molecule has 0 aromatic carbocycles. The molecule has 2 heterocycles. The summed E-state index contributed by atoms with van der Waals surface area (Å²) in [5, 5.41) is 3.97. The highest BCUT2D eigenvalue weighted by Crippen LogP contribution is 2.38. The summed E-state index contributed by atoms with van der Waals surface area (Å²) in [7, 11) is 0. The topological polar surface area (TPSA) is 24.5 Å². The van der Waals surface area contributed by atoms with Gasteiger partial charge in [-0.1, -0.05) is 33.1 Å². The molecule has 21 heavy (non-hydrogen) atoms. The third-order valence-electron chi connectivity index (χ3n) is 6.25. The van der Waals surface area contributed by atoms with Gasteiger partial charge >= 0.3 is 0 Å². The minimum atomic E-state index is 0.250. The summed E-state index contributed by atoms with van der Waals surface area (Å²) < 4.78 is 5.88. The van der Waals surface area contributed by atoms with Crippen LogP contribution in [0.15, 0.2) is 0 Å². The minimum Gasteiger partial charge on any atom is -0.380 e. The first-order valence-electron chi connectivity index (χ1n) is 9.14. The number of ether oxygens (including phenoxy) is 1. The van der Waals surface area contributed by atoms with Crippen LogP contribution in [0.5, 0.6) is 0 Å². The summed E-state index contributed by atoms with van der Waals surface area (Å²) in [5.41, 5.74) is 0.643. The fourth-order valence-corrected chi connectivity index (χ4v) is 4.83. The van der Waals surface area contributed by atoms with Gasteiger partial charge in [0.05, 0.1) is 6.61 Å². The first-order chi connectivity index (χ1) is 10.0. The van der Waals surface area contributed by atoms with Gasteiger partial charge in [0, 0.05) is 36.8 Å². The number of nitrogens with zero attached hydrogens (tertiary/aromatic N) is 1. The fraction of sp³-hybridized carbons (Fsp3) is 1.00. The first-order valence-corrected chi connectivity index (χ1v) is 9.14. The molecule has 3 nitrogen and oxygen atoms in total. The third-order valence-corrected chi connectivity index (χ3v) is 6.25. The van der Waals surface area contributed by atoms with Crippen LogP contribution in [0.2, 0.25) is 0 Å². The van der Waals surface area contributed by atoms with Gasteiger partial charge in [-0.15, -0.1) is 0 Å². The van der Waals surface area contributed by atoms with Crippen molar-refractivity contribution in [3.05, 3.63) is 0 Å². The van der Waals surface area contributed by atoms with Gasteiger partial charge in [-0.3, -0.25) is 4.90 Å². The van der Waals surface area contributed by atoms with Gasteiger partial charge in [0.15, 0.2) is 0 Å². The summed E-state index contributed by atoms with van der Waals surface area (Å²) in [5.74, 6) is 0.706. The molecule has 122 valence electrons. The van der Waals surface area contributed by atoms with Gasteiger partial charge in [-0.2, -0.15) is 0 Å². The van der Waals surface area contributed by atoms with Crippen LogP contribution in [-0.4, -0.2) is 48.3 Å². The Labute approximate surface area is 130 Å². The van der Waals surface area contributed by atoms with E-state index in [0.717, 1.165) is 19.8 Å². The summed E-state index contributed by atoms with van der Waals surface area (Å²) in [4.78, 5) is 2.85. The van der Waals surface area contributed by atoms with Crippen LogP contribution in [0, 0.1) is 5.92 Å². The van der Waals surface area contributed by atoms with Gasteiger partial charge in [0.2, 0.25) is 0 Å². The fourth-order valence-electron chi connectivity index (χ4n) is 4.83. The third kappa shape index (κ3) is 3.16. The van der Waals surface area contributed by atoms with Crippen LogP contribution in [0.1, 0.15) is 65.7 Å². The average molecular weight is 294 g/mol. The van der Waals surface area contributed by atoms with E-state index in [0.29, 0.717) is 17.5 Å². The molecule has 0 aromatic heterocycles. The van der Waals surface area contributed by atoms with E-state index in [9.17, 15) is 0 Å². The largest absolute Gasteiger partial charge is 0.380 e. The Morgan fingerprint density at radius 1 is 1.10 bits per heavy atom. The van der Waals surface area contributed by atoms with E-state index >= 15 is 0 Å². The second kappa shape index (κ2) is 6.17. The van der Waals surface area contributed by atoms with Crippen LogP contribution in [-0.2, 0) is 4.74 Å². The van der Waals surface area contributed by atoms with Crippen molar-refractivity contribution in [1.29, 1.82) is 0 Å². The van der Waals surface area contributed by atoms with E-state index in [1.807, 2.05) is 0 Å². The van der Waals surface area contributed by atoms with Crippen molar-refractivity contribution in [3.8, 4) is 0 Å². The maximum absolute atomic E-state index is 5.88. The molecule has 1 saturated carbocycles. The van der Waals surface area contributed by atoms with Crippen molar-refractivity contribution in [2.45, 2.75) is 82.8 Å². The first kappa shape index (κ1) is 15.8. The number of piperazine rings is 1. The molecule has 1 aliphatic carbocycles. The lowest BCUT2D eigenvalue weighted by molar-refractivity contribution is -0.0963. The lowest BCUT2D eigenvalue weighted by Gasteiger charge is -2.57. The molecule has 1 spiro atoms. The molecule has 3 rings (SSSR count). The molecule has 0 bridgehead atoms. The highest BCUT2D eigenvalue weighted by molar-refractivity contribution is 5.05. The van der Waals surface area contributed by atoms with E-state index in [4.69, 9.17) is 4.74 Å². The molecule has 2 atom stereocenters. The summed E-state index contributed by atoms with van der Waals surface area (Å²) in [6.07, 6.45) is 9.49. The SMILES string of the molecule is CC(C)C1CNC2(CCCCC2)CN1C1(C)CCCOC1. The Balaban J connectivity index is 1.80. The van der Waals surface area contributed by atoms with Gasteiger partial charge in [0.25, 0.3) is 0 Å². The highest BCUT2D eigenvalue weighted by atomic mass is 16.5.